The molecule has 1 heterocycles. The number of nitrogens with two attached hydrogens (primary N) is 1. The molecule has 0 aliphatic heterocycles. The van der Waals surface area contributed by atoms with E-state index in [9.17, 15) is 0 Å². The Morgan fingerprint density at radius 3 is 2.48 bits per heavy atom. The molecule has 0 spiro atoms. The first kappa shape index (κ1) is 14.0. The lowest BCUT2D eigenvalue weighted by atomic mass is 10.1. The topological polar surface area (TPSA) is 38.9 Å². The van der Waals surface area contributed by atoms with Crippen LogP contribution < -0.4 is 5.73 Å². The normalized spacial score (nSPS) is 11.0. The van der Waals surface area contributed by atoms with E-state index >= 15 is 0 Å². The van der Waals surface area contributed by atoms with Gasteiger partial charge in [0.2, 0.25) is 0 Å². The molecule has 3 aromatic rings. The predicted octanol–water partition coefficient (Wildman–Crippen LogP) is 4.89. The van der Waals surface area contributed by atoms with Gasteiger partial charge in [-0.1, -0.05) is 17.8 Å². The molecule has 3 heteroatoms. The third-order valence-corrected chi connectivity index (χ3v) is 4.68. The molecular weight excluding hydrogens is 276 g/mol. The van der Waals surface area contributed by atoms with E-state index in [1.165, 1.54) is 20.9 Å². The molecule has 0 amide bonds. The van der Waals surface area contributed by atoms with E-state index in [1.54, 1.807) is 11.8 Å². The van der Waals surface area contributed by atoms with Gasteiger partial charge in [0.15, 0.2) is 0 Å². The number of pyridine rings is 1. The van der Waals surface area contributed by atoms with Crippen LogP contribution in [0.25, 0.3) is 10.9 Å². The van der Waals surface area contributed by atoms with Crippen LogP contribution in [0.4, 0.5) is 5.69 Å². The zero-order valence-electron chi connectivity index (χ0n) is 12.5. The Hall–Kier alpha value is -2.00. The number of hydrogen-bond donors (Lipinski definition) is 1. The molecule has 0 saturated carbocycles. The summed E-state index contributed by atoms with van der Waals surface area (Å²) in [7, 11) is 0. The second-order valence-corrected chi connectivity index (χ2v) is 6.50. The quantitative estimate of drug-likeness (QED) is 0.684. The Kier molecular flexibility index (Phi) is 3.60. The highest BCUT2D eigenvalue weighted by molar-refractivity contribution is 7.99. The van der Waals surface area contributed by atoms with Crippen molar-refractivity contribution in [3.05, 3.63) is 59.3 Å². The van der Waals surface area contributed by atoms with E-state index < -0.39 is 0 Å². The SMILES string of the molecule is Cc1cc(Sc2ccc(C)c(C)c2)c2cc(N)ccc2n1. The van der Waals surface area contributed by atoms with Crippen LogP contribution in [0.15, 0.2) is 52.3 Å². The number of anilines is 1. The molecule has 2 N–H and O–H groups in total. The summed E-state index contributed by atoms with van der Waals surface area (Å²) in [4.78, 5) is 7.03. The van der Waals surface area contributed by atoms with Gasteiger partial charge in [0.25, 0.3) is 0 Å². The molecule has 0 bridgehead atoms. The summed E-state index contributed by atoms with van der Waals surface area (Å²) in [6.07, 6.45) is 0. The van der Waals surface area contributed by atoms with E-state index in [-0.39, 0.29) is 0 Å². The number of nitrogens with zero attached hydrogens (tertiary/aromatic N) is 1. The van der Waals surface area contributed by atoms with Gasteiger partial charge in [0, 0.05) is 26.6 Å². The van der Waals surface area contributed by atoms with Crippen molar-refractivity contribution in [2.24, 2.45) is 0 Å². The van der Waals surface area contributed by atoms with Crippen molar-refractivity contribution in [2.45, 2.75) is 30.6 Å². The molecule has 21 heavy (non-hydrogen) atoms. The van der Waals surface area contributed by atoms with Crippen LogP contribution in [0.1, 0.15) is 16.8 Å². The largest absolute Gasteiger partial charge is 0.399 e. The Balaban J connectivity index is 2.10. The maximum absolute atomic E-state index is 5.93. The van der Waals surface area contributed by atoms with Gasteiger partial charge in [0.1, 0.15) is 0 Å². The van der Waals surface area contributed by atoms with E-state index in [4.69, 9.17) is 5.73 Å². The van der Waals surface area contributed by atoms with Crippen molar-refractivity contribution >= 4 is 28.4 Å². The van der Waals surface area contributed by atoms with Crippen molar-refractivity contribution in [2.75, 3.05) is 5.73 Å². The van der Waals surface area contributed by atoms with Crippen LogP contribution in [-0.4, -0.2) is 4.98 Å². The van der Waals surface area contributed by atoms with Gasteiger partial charge in [-0.2, -0.15) is 0 Å². The number of aryl methyl sites for hydroxylation is 3. The number of fused-ring (bicyclic) bond motifs is 1. The third kappa shape index (κ3) is 2.88. The molecule has 3 rings (SSSR count). The first-order valence-corrected chi connectivity index (χ1v) is 7.76. The fourth-order valence-corrected chi connectivity index (χ4v) is 3.46. The average molecular weight is 294 g/mol. The lowest BCUT2D eigenvalue weighted by Crippen LogP contribution is -1.90. The Morgan fingerprint density at radius 1 is 0.905 bits per heavy atom. The summed E-state index contributed by atoms with van der Waals surface area (Å²) in [5, 5.41) is 1.11. The first-order valence-electron chi connectivity index (χ1n) is 6.95. The van der Waals surface area contributed by atoms with E-state index in [1.807, 2.05) is 25.1 Å². The molecule has 106 valence electrons. The molecule has 2 aromatic carbocycles. The first-order chi connectivity index (χ1) is 10.0. The Labute approximate surface area is 129 Å². The maximum Gasteiger partial charge on any atom is 0.0718 e. The van der Waals surface area contributed by atoms with Crippen molar-refractivity contribution in [1.29, 1.82) is 0 Å². The highest BCUT2D eigenvalue weighted by Crippen LogP contribution is 2.35. The second kappa shape index (κ2) is 5.41. The Bertz CT molecular complexity index is 825. The zero-order valence-corrected chi connectivity index (χ0v) is 13.3. The van der Waals surface area contributed by atoms with Gasteiger partial charge in [-0.15, -0.1) is 0 Å². The Morgan fingerprint density at radius 2 is 1.71 bits per heavy atom. The average Bonchev–Trinajstić information content (AvgIpc) is 2.43. The fraction of sp³-hybridized carbons (Fsp3) is 0.167. The summed E-state index contributed by atoms with van der Waals surface area (Å²) in [6.45, 7) is 6.31. The number of hydrogen-bond acceptors (Lipinski definition) is 3. The smallest absolute Gasteiger partial charge is 0.0718 e. The molecule has 1 aromatic heterocycles. The highest BCUT2D eigenvalue weighted by Gasteiger charge is 2.07. The maximum atomic E-state index is 5.93. The lowest BCUT2D eigenvalue weighted by Gasteiger charge is -2.09. The zero-order chi connectivity index (χ0) is 15.0. The van der Waals surface area contributed by atoms with Gasteiger partial charge in [-0.3, -0.25) is 4.98 Å². The monoisotopic (exact) mass is 294 g/mol. The summed E-state index contributed by atoms with van der Waals surface area (Å²) >= 11 is 1.77. The minimum atomic E-state index is 0.773. The summed E-state index contributed by atoms with van der Waals surface area (Å²) in [6, 6.07) is 14.6. The van der Waals surface area contributed by atoms with Crippen LogP contribution in [0.2, 0.25) is 0 Å². The molecule has 0 aliphatic rings. The standard InChI is InChI=1S/C18H18N2S/c1-11-4-6-15(8-12(11)2)21-18-9-13(3)20-17-7-5-14(19)10-16(17)18/h4-10H,19H2,1-3H3. The van der Waals surface area contributed by atoms with E-state index in [0.29, 0.717) is 0 Å². The van der Waals surface area contributed by atoms with Crippen molar-refractivity contribution < 1.29 is 0 Å². The molecule has 2 nitrogen and oxygen atoms in total. The summed E-state index contributed by atoms with van der Waals surface area (Å²) in [5.74, 6) is 0. The number of benzene rings is 2. The van der Waals surface area contributed by atoms with Gasteiger partial charge in [-0.05, 0) is 68.3 Å². The second-order valence-electron chi connectivity index (χ2n) is 5.39. The molecule has 0 radical (unpaired) electrons. The minimum Gasteiger partial charge on any atom is -0.399 e. The third-order valence-electron chi connectivity index (χ3n) is 3.63. The number of rotatable bonds is 2. The van der Waals surface area contributed by atoms with E-state index in [2.05, 4.69) is 43.1 Å². The predicted molar refractivity (Wildman–Crippen MR) is 90.9 cm³/mol. The lowest BCUT2D eigenvalue weighted by molar-refractivity contribution is 1.22. The van der Waals surface area contributed by atoms with Gasteiger partial charge < -0.3 is 5.73 Å². The molecule has 0 aliphatic carbocycles. The van der Waals surface area contributed by atoms with Crippen molar-refractivity contribution in [3.63, 3.8) is 0 Å². The summed E-state index contributed by atoms with van der Waals surface area (Å²) < 4.78 is 0. The number of nitrogen functional groups attached to an aromatic ring is 1. The van der Waals surface area contributed by atoms with Crippen molar-refractivity contribution in [3.8, 4) is 0 Å². The fourth-order valence-electron chi connectivity index (χ4n) is 2.33. The van der Waals surface area contributed by atoms with Crippen molar-refractivity contribution in [1.82, 2.24) is 4.98 Å². The van der Waals surface area contributed by atoms with Crippen LogP contribution in [0.5, 0.6) is 0 Å². The molecule has 0 atom stereocenters. The number of aromatic nitrogens is 1. The van der Waals surface area contributed by atoms with Gasteiger partial charge >= 0.3 is 0 Å². The molecular formula is C18H18N2S. The van der Waals surface area contributed by atoms with Gasteiger partial charge in [-0.25, -0.2) is 0 Å². The molecule has 0 unspecified atom stereocenters. The highest BCUT2D eigenvalue weighted by atomic mass is 32.2. The van der Waals surface area contributed by atoms with E-state index in [0.717, 1.165) is 22.3 Å². The molecule has 0 fully saturated rings. The van der Waals surface area contributed by atoms with Crippen LogP contribution in [-0.2, 0) is 0 Å². The van der Waals surface area contributed by atoms with Crippen LogP contribution >= 0.6 is 11.8 Å². The summed E-state index contributed by atoms with van der Waals surface area (Å²) in [5.41, 5.74) is 11.4. The van der Waals surface area contributed by atoms with Crippen LogP contribution in [0, 0.1) is 20.8 Å². The van der Waals surface area contributed by atoms with Crippen LogP contribution in [0.3, 0.4) is 0 Å². The van der Waals surface area contributed by atoms with Gasteiger partial charge in [0.05, 0.1) is 5.52 Å². The minimum absolute atomic E-state index is 0.773. The molecule has 0 saturated heterocycles.